The van der Waals surface area contributed by atoms with Gasteiger partial charge in [-0.3, -0.25) is 9.59 Å². The molecule has 5 nitrogen and oxygen atoms in total. The van der Waals surface area contributed by atoms with Crippen molar-refractivity contribution in [3.8, 4) is 0 Å². The number of carbonyl (C=O) groups is 2. The van der Waals surface area contributed by atoms with Crippen LogP contribution in [-0.4, -0.2) is 48.1 Å². The van der Waals surface area contributed by atoms with E-state index >= 15 is 0 Å². The number of carboxylic acids is 1. The Labute approximate surface area is 90.5 Å². The van der Waals surface area contributed by atoms with Crippen molar-refractivity contribution < 1.29 is 14.7 Å². The minimum atomic E-state index is -1.10. The fourth-order valence-corrected chi connectivity index (χ4v) is 0.727. The van der Waals surface area contributed by atoms with Crippen molar-refractivity contribution >= 4 is 11.9 Å². The summed E-state index contributed by atoms with van der Waals surface area (Å²) in [5, 5.41) is 11.2. The largest absolute Gasteiger partial charge is 0.481 e. The molecule has 0 aliphatic heterocycles. The molecule has 1 atom stereocenters. The fraction of sp³-hybridized carbons (Fsp3) is 0.800. The summed E-state index contributed by atoms with van der Waals surface area (Å²) < 4.78 is 0. The highest BCUT2D eigenvalue weighted by atomic mass is 16.4. The summed E-state index contributed by atoms with van der Waals surface area (Å²) in [6.45, 7) is 5.74. The van der Waals surface area contributed by atoms with Crippen LogP contribution in [0.5, 0.6) is 0 Å². The molecule has 0 saturated carbocycles. The van der Waals surface area contributed by atoms with E-state index in [9.17, 15) is 9.59 Å². The zero-order valence-corrected chi connectivity index (χ0v) is 10.00. The molecule has 0 aliphatic rings. The van der Waals surface area contributed by atoms with Gasteiger partial charge in [0.05, 0.1) is 0 Å². The Kier molecular flexibility index (Phi) is 4.74. The predicted molar refractivity (Wildman–Crippen MR) is 57.6 cm³/mol. The summed E-state index contributed by atoms with van der Waals surface area (Å²) in [5.74, 6) is -2.55. The van der Waals surface area contributed by atoms with E-state index in [1.54, 1.807) is 0 Å². The monoisotopic (exact) mass is 216 g/mol. The molecule has 15 heavy (non-hydrogen) atoms. The highest BCUT2D eigenvalue weighted by Crippen LogP contribution is 2.08. The third-order valence-corrected chi connectivity index (χ3v) is 2.67. The van der Waals surface area contributed by atoms with Gasteiger partial charge in [0.15, 0.2) is 0 Å². The molecule has 0 rings (SSSR count). The molecule has 0 aromatic carbocycles. The fourth-order valence-electron chi connectivity index (χ4n) is 0.727. The van der Waals surface area contributed by atoms with Gasteiger partial charge in [0.2, 0.25) is 5.91 Å². The Morgan fingerprint density at radius 1 is 1.40 bits per heavy atom. The van der Waals surface area contributed by atoms with Crippen LogP contribution in [0.2, 0.25) is 0 Å². The maximum Gasteiger partial charge on any atom is 0.315 e. The molecule has 0 aromatic heterocycles. The second kappa shape index (κ2) is 5.11. The van der Waals surface area contributed by atoms with Crippen LogP contribution < -0.4 is 5.32 Å². The summed E-state index contributed by atoms with van der Waals surface area (Å²) >= 11 is 0. The molecule has 0 aromatic rings. The summed E-state index contributed by atoms with van der Waals surface area (Å²) in [6, 6.07) is 0. The second-order valence-corrected chi connectivity index (χ2v) is 4.48. The van der Waals surface area contributed by atoms with Gasteiger partial charge in [-0.25, -0.2) is 0 Å². The first-order valence-electron chi connectivity index (χ1n) is 4.86. The van der Waals surface area contributed by atoms with Gasteiger partial charge < -0.3 is 15.3 Å². The van der Waals surface area contributed by atoms with Crippen LogP contribution in [0.1, 0.15) is 20.8 Å². The van der Waals surface area contributed by atoms with Gasteiger partial charge in [-0.15, -0.1) is 0 Å². The quantitative estimate of drug-likeness (QED) is 0.642. The van der Waals surface area contributed by atoms with Crippen molar-refractivity contribution in [3.63, 3.8) is 0 Å². The highest BCUT2D eigenvalue weighted by molar-refractivity contribution is 5.96. The minimum absolute atomic E-state index is 0.187. The van der Waals surface area contributed by atoms with Crippen LogP contribution in [0, 0.1) is 5.92 Å². The van der Waals surface area contributed by atoms with Crippen LogP contribution >= 0.6 is 0 Å². The lowest BCUT2D eigenvalue weighted by Gasteiger charge is -2.32. The van der Waals surface area contributed by atoms with Gasteiger partial charge in [-0.1, -0.05) is 0 Å². The molecule has 0 spiro atoms. The second-order valence-electron chi connectivity index (χ2n) is 4.48. The van der Waals surface area contributed by atoms with E-state index in [1.807, 2.05) is 32.8 Å². The zero-order valence-electron chi connectivity index (χ0n) is 10.00. The van der Waals surface area contributed by atoms with Crippen LogP contribution in [0.4, 0.5) is 0 Å². The van der Waals surface area contributed by atoms with E-state index in [0.29, 0.717) is 6.54 Å². The third-order valence-electron chi connectivity index (χ3n) is 2.67. The lowest BCUT2D eigenvalue weighted by Crippen LogP contribution is -2.49. The summed E-state index contributed by atoms with van der Waals surface area (Å²) in [4.78, 5) is 23.8. The van der Waals surface area contributed by atoms with E-state index in [4.69, 9.17) is 5.11 Å². The molecule has 0 fully saturated rings. The van der Waals surface area contributed by atoms with Gasteiger partial charge in [0.1, 0.15) is 5.92 Å². The number of rotatable bonds is 5. The number of nitrogens with zero attached hydrogens (tertiary/aromatic N) is 1. The third kappa shape index (κ3) is 4.29. The topological polar surface area (TPSA) is 69.6 Å². The Morgan fingerprint density at radius 2 is 1.87 bits per heavy atom. The normalized spacial score (nSPS) is 13.7. The van der Waals surface area contributed by atoms with Crippen LogP contribution in [0.15, 0.2) is 0 Å². The first kappa shape index (κ1) is 13.9. The molecule has 1 unspecified atom stereocenters. The van der Waals surface area contributed by atoms with Gasteiger partial charge in [0, 0.05) is 12.1 Å². The van der Waals surface area contributed by atoms with E-state index < -0.39 is 17.8 Å². The van der Waals surface area contributed by atoms with Crippen molar-refractivity contribution in [1.82, 2.24) is 10.2 Å². The first-order valence-corrected chi connectivity index (χ1v) is 4.86. The van der Waals surface area contributed by atoms with Crippen molar-refractivity contribution in [2.45, 2.75) is 26.3 Å². The van der Waals surface area contributed by atoms with Crippen molar-refractivity contribution in [1.29, 1.82) is 0 Å². The lowest BCUT2D eigenvalue weighted by atomic mass is 10.0. The SMILES string of the molecule is CC(C(=O)O)C(=O)NCC(C)(C)N(C)C. The van der Waals surface area contributed by atoms with Gasteiger partial charge >= 0.3 is 5.97 Å². The first-order chi connectivity index (χ1) is 6.68. The molecule has 0 aliphatic carbocycles. The van der Waals surface area contributed by atoms with Crippen LogP contribution in [0.3, 0.4) is 0 Å². The summed E-state index contributed by atoms with van der Waals surface area (Å²) in [5.41, 5.74) is -0.187. The Bertz CT molecular complexity index is 249. The Hall–Kier alpha value is -1.10. The molecule has 1 amide bonds. The predicted octanol–water partition coefficient (Wildman–Crippen LogP) is 0.164. The molecule has 0 radical (unpaired) electrons. The van der Waals surface area contributed by atoms with Crippen molar-refractivity contribution in [3.05, 3.63) is 0 Å². The molecule has 88 valence electrons. The Balaban J connectivity index is 4.17. The molecule has 5 heteroatoms. The lowest BCUT2D eigenvalue weighted by molar-refractivity contribution is -0.146. The average molecular weight is 216 g/mol. The average Bonchev–Trinajstić information content (AvgIpc) is 2.12. The van der Waals surface area contributed by atoms with Gasteiger partial charge in [0.25, 0.3) is 0 Å². The number of hydrogen-bond acceptors (Lipinski definition) is 3. The number of carboxylic acid groups (broad SMARTS) is 1. The standard InChI is InChI=1S/C10H20N2O3/c1-7(9(14)15)8(13)11-6-10(2,3)12(4)5/h7H,6H2,1-5H3,(H,11,13)(H,14,15). The molecule has 0 bridgehead atoms. The van der Waals surface area contributed by atoms with E-state index in [2.05, 4.69) is 5.32 Å². The van der Waals surface area contributed by atoms with E-state index in [-0.39, 0.29) is 5.54 Å². The van der Waals surface area contributed by atoms with Crippen LogP contribution in [0.25, 0.3) is 0 Å². The summed E-state index contributed by atoms with van der Waals surface area (Å²) in [7, 11) is 3.82. The number of amides is 1. The molecular formula is C10H20N2O3. The number of likely N-dealkylation sites (N-methyl/N-ethyl adjacent to an activating group) is 1. The van der Waals surface area contributed by atoms with Crippen molar-refractivity contribution in [2.24, 2.45) is 5.92 Å². The molecule has 2 N–H and O–H groups in total. The Morgan fingerprint density at radius 3 is 2.20 bits per heavy atom. The maximum atomic E-state index is 11.3. The summed E-state index contributed by atoms with van der Waals surface area (Å²) in [6.07, 6.45) is 0. The molecular weight excluding hydrogens is 196 g/mol. The smallest absolute Gasteiger partial charge is 0.315 e. The molecule has 0 heterocycles. The highest BCUT2D eigenvalue weighted by Gasteiger charge is 2.25. The van der Waals surface area contributed by atoms with E-state index in [1.165, 1.54) is 6.92 Å². The number of hydrogen-bond donors (Lipinski definition) is 2. The maximum absolute atomic E-state index is 11.3. The number of nitrogens with one attached hydrogen (secondary N) is 1. The van der Waals surface area contributed by atoms with E-state index in [0.717, 1.165) is 0 Å². The van der Waals surface area contributed by atoms with Crippen LogP contribution in [-0.2, 0) is 9.59 Å². The zero-order chi connectivity index (χ0) is 12.2. The molecule has 0 saturated heterocycles. The number of aliphatic carboxylic acids is 1. The van der Waals surface area contributed by atoms with Gasteiger partial charge in [-0.2, -0.15) is 0 Å². The van der Waals surface area contributed by atoms with Gasteiger partial charge in [-0.05, 0) is 34.9 Å². The van der Waals surface area contributed by atoms with Crippen molar-refractivity contribution in [2.75, 3.05) is 20.6 Å². The number of carbonyl (C=O) groups excluding carboxylic acids is 1. The minimum Gasteiger partial charge on any atom is -0.481 e.